The molecule has 2 aromatic rings. The number of fused-ring (bicyclic) bond motifs is 1. The molecule has 7 nitrogen and oxygen atoms in total. The lowest BCUT2D eigenvalue weighted by molar-refractivity contribution is -0.117. The predicted octanol–water partition coefficient (Wildman–Crippen LogP) is 1.43. The van der Waals surface area contributed by atoms with E-state index in [4.69, 9.17) is 19.6 Å². The number of ether oxygens (including phenoxy) is 2. The van der Waals surface area contributed by atoms with Gasteiger partial charge >= 0.3 is 0 Å². The first-order valence-electron chi connectivity index (χ1n) is 5.83. The Morgan fingerprint density at radius 2 is 2.15 bits per heavy atom. The lowest BCUT2D eigenvalue weighted by Crippen LogP contribution is -2.22. The van der Waals surface area contributed by atoms with Crippen molar-refractivity contribution < 1.29 is 18.7 Å². The van der Waals surface area contributed by atoms with Crippen molar-refractivity contribution in [3.8, 4) is 23.0 Å². The Labute approximate surface area is 118 Å². The predicted molar refractivity (Wildman–Crippen MR) is 70.4 cm³/mol. The molecule has 3 rings (SSSR count). The third-order valence-corrected chi connectivity index (χ3v) is 3.66. The van der Waals surface area contributed by atoms with Crippen LogP contribution in [0.25, 0.3) is 11.5 Å². The molecule has 2 heterocycles. The summed E-state index contributed by atoms with van der Waals surface area (Å²) in [7, 11) is 0. The van der Waals surface area contributed by atoms with Crippen molar-refractivity contribution in [1.82, 2.24) is 10.2 Å². The molecule has 1 aliphatic rings. The van der Waals surface area contributed by atoms with Gasteiger partial charge in [0.15, 0.2) is 11.5 Å². The second kappa shape index (κ2) is 5.04. The molecule has 0 bridgehead atoms. The van der Waals surface area contributed by atoms with Gasteiger partial charge in [-0.25, -0.2) is 0 Å². The standard InChI is InChI=1S/C12H11N3O4S/c1-6(10(13)16)20-12-15-14-11(19-12)7-2-3-8-9(4-7)18-5-17-8/h2-4,6H,5H2,1H3,(H2,13,16). The van der Waals surface area contributed by atoms with Crippen molar-refractivity contribution in [2.45, 2.75) is 17.4 Å². The van der Waals surface area contributed by atoms with E-state index in [9.17, 15) is 4.79 Å². The van der Waals surface area contributed by atoms with E-state index >= 15 is 0 Å². The lowest BCUT2D eigenvalue weighted by Gasteiger charge is -2.01. The number of aromatic nitrogens is 2. The van der Waals surface area contributed by atoms with E-state index in [0.29, 0.717) is 22.6 Å². The van der Waals surface area contributed by atoms with Gasteiger partial charge in [-0.1, -0.05) is 11.8 Å². The minimum Gasteiger partial charge on any atom is -0.454 e. The van der Waals surface area contributed by atoms with Crippen LogP contribution in [-0.4, -0.2) is 28.1 Å². The summed E-state index contributed by atoms with van der Waals surface area (Å²) in [4.78, 5) is 11.0. The van der Waals surface area contributed by atoms with Gasteiger partial charge < -0.3 is 19.6 Å². The number of nitrogens with two attached hydrogens (primary N) is 1. The molecule has 0 saturated heterocycles. The molecule has 1 aliphatic heterocycles. The van der Waals surface area contributed by atoms with Crippen molar-refractivity contribution in [3.63, 3.8) is 0 Å². The molecule has 1 aromatic heterocycles. The molecule has 8 heteroatoms. The molecule has 0 saturated carbocycles. The van der Waals surface area contributed by atoms with Crippen molar-refractivity contribution >= 4 is 17.7 Å². The van der Waals surface area contributed by atoms with Gasteiger partial charge in [0.05, 0.1) is 5.25 Å². The van der Waals surface area contributed by atoms with Gasteiger partial charge in [-0.05, 0) is 25.1 Å². The van der Waals surface area contributed by atoms with E-state index in [2.05, 4.69) is 10.2 Å². The maximum atomic E-state index is 11.0. The Balaban J connectivity index is 1.81. The molecule has 1 atom stereocenters. The summed E-state index contributed by atoms with van der Waals surface area (Å²) in [6, 6.07) is 5.34. The van der Waals surface area contributed by atoms with E-state index < -0.39 is 11.2 Å². The van der Waals surface area contributed by atoms with Crippen LogP contribution < -0.4 is 15.2 Å². The SMILES string of the molecule is CC(Sc1nnc(-c2ccc3c(c2)OCO3)o1)C(N)=O. The average Bonchev–Trinajstić information content (AvgIpc) is 3.05. The zero-order valence-corrected chi connectivity index (χ0v) is 11.3. The summed E-state index contributed by atoms with van der Waals surface area (Å²) in [6.45, 7) is 1.89. The van der Waals surface area contributed by atoms with Crippen molar-refractivity contribution in [2.24, 2.45) is 5.73 Å². The molecular formula is C12H11N3O4S. The van der Waals surface area contributed by atoms with Gasteiger partial charge in [0.1, 0.15) is 0 Å². The number of carbonyl (C=O) groups excluding carboxylic acids is 1. The Kier molecular flexibility index (Phi) is 3.23. The summed E-state index contributed by atoms with van der Waals surface area (Å²) in [6.07, 6.45) is 0. The number of hydrogen-bond acceptors (Lipinski definition) is 7. The first kappa shape index (κ1) is 12.8. The second-order valence-electron chi connectivity index (χ2n) is 4.10. The maximum absolute atomic E-state index is 11.0. The van der Waals surface area contributed by atoms with Crippen LogP contribution in [0.4, 0.5) is 0 Å². The van der Waals surface area contributed by atoms with Crippen LogP contribution in [0, 0.1) is 0 Å². The molecule has 1 aromatic carbocycles. The number of benzene rings is 1. The fourth-order valence-electron chi connectivity index (χ4n) is 1.61. The minimum absolute atomic E-state index is 0.208. The monoisotopic (exact) mass is 293 g/mol. The van der Waals surface area contributed by atoms with Gasteiger partial charge in [0, 0.05) is 5.56 Å². The maximum Gasteiger partial charge on any atom is 0.277 e. The fraction of sp³-hybridized carbons (Fsp3) is 0.250. The van der Waals surface area contributed by atoms with Crippen molar-refractivity contribution in [1.29, 1.82) is 0 Å². The van der Waals surface area contributed by atoms with Crippen LogP contribution >= 0.6 is 11.8 Å². The highest BCUT2D eigenvalue weighted by Gasteiger charge is 2.18. The smallest absolute Gasteiger partial charge is 0.277 e. The van der Waals surface area contributed by atoms with Crippen LogP contribution in [0.15, 0.2) is 27.8 Å². The van der Waals surface area contributed by atoms with Crippen LogP contribution in [-0.2, 0) is 4.79 Å². The summed E-state index contributed by atoms with van der Waals surface area (Å²) in [5.41, 5.74) is 5.91. The number of rotatable bonds is 4. The van der Waals surface area contributed by atoms with Gasteiger partial charge in [-0.2, -0.15) is 0 Å². The van der Waals surface area contributed by atoms with Crippen LogP contribution in [0.3, 0.4) is 0 Å². The third-order valence-electron chi connectivity index (χ3n) is 2.70. The Bertz CT molecular complexity index is 658. The number of nitrogens with zero attached hydrogens (tertiary/aromatic N) is 2. The second-order valence-corrected chi connectivity index (χ2v) is 5.40. The minimum atomic E-state index is -0.433. The zero-order valence-electron chi connectivity index (χ0n) is 10.5. The van der Waals surface area contributed by atoms with E-state index in [-0.39, 0.29) is 6.79 Å². The number of hydrogen-bond donors (Lipinski definition) is 1. The molecule has 2 N–H and O–H groups in total. The van der Waals surface area contributed by atoms with Crippen molar-refractivity contribution in [3.05, 3.63) is 18.2 Å². The number of primary amides is 1. The molecule has 0 radical (unpaired) electrons. The van der Waals surface area contributed by atoms with E-state index in [1.54, 1.807) is 25.1 Å². The van der Waals surface area contributed by atoms with E-state index in [1.807, 2.05) is 0 Å². The number of amides is 1. The molecule has 104 valence electrons. The quantitative estimate of drug-likeness (QED) is 0.851. The van der Waals surface area contributed by atoms with Gasteiger partial charge in [-0.3, -0.25) is 4.79 Å². The van der Waals surface area contributed by atoms with Gasteiger partial charge in [0.2, 0.25) is 18.6 Å². The lowest BCUT2D eigenvalue weighted by atomic mass is 10.2. The zero-order chi connectivity index (χ0) is 14.1. The van der Waals surface area contributed by atoms with Gasteiger partial charge in [0.25, 0.3) is 5.22 Å². The number of carbonyl (C=O) groups is 1. The highest BCUT2D eigenvalue weighted by molar-refractivity contribution is 8.00. The normalized spacial score (nSPS) is 14.2. The Hall–Kier alpha value is -2.22. The summed E-state index contributed by atoms with van der Waals surface area (Å²) < 4.78 is 16.0. The summed E-state index contributed by atoms with van der Waals surface area (Å²) in [5, 5.41) is 7.68. The largest absolute Gasteiger partial charge is 0.454 e. The number of thioether (sulfide) groups is 1. The van der Waals surface area contributed by atoms with Crippen molar-refractivity contribution in [2.75, 3.05) is 6.79 Å². The molecule has 1 unspecified atom stereocenters. The topological polar surface area (TPSA) is 100 Å². The molecule has 1 amide bonds. The molecule has 0 spiro atoms. The van der Waals surface area contributed by atoms with Crippen LogP contribution in [0.5, 0.6) is 11.5 Å². The molecule has 20 heavy (non-hydrogen) atoms. The Morgan fingerprint density at radius 1 is 1.35 bits per heavy atom. The Morgan fingerprint density at radius 3 is 2.95 bits per heavy atom. The van der Waals surface area contributed by atoms with E-state index in [0.717, 1.165) is 17.3 Å². The first-order valence-corrected chi connectivity index (χ1v) is 6.71. The highest BCUT2D eigenvalue weighted by atomic mass is 32.2. The fourth-order valence-corrected chi connectivity index (χ4v) is 2.25. The highest BCUT2D eigenvalue weighted by Crippen LogP contribution is 2.36. The van der Waals surface area contributed by atoms with Crippen LogP contribution in [0.1, 0.15) is 6.92 Å². The molecular weight excluding hydrogens is 282 g/mol. The summed E-state index contributed by atoms with van der Waals surface area (Å²) in [5.74, 6) is 1.24. The van der Waals surface area contributed by atoms with Crippen LogP contribution in [0.2, 0.25) is 0 Å². The van der Waals surface area contributed by atoms with E-state index in [1.165, 1.54) is 0 Å². The molecule has 0 fully saturated rings. The average molecular weight is 293 g/mol. The third kappa shape index (κ3) is 2.42. The summed E-state index contributed by atoms with van der Waals surface area (Å²) >= 11 is 1.12. The molecule has 0 aliphatic carbocycles. The van der Waals surface area contributed by atoms with Gasteiger partial charge in [-0.15, -0.1) is 10.2 Å². The first-order chi connectivity index (χ1) is 9.63.